The smallest absolute Gasteiger partial charge is 0.235 e. The molecule has 1 amide bonds. The largest absolute Gasteiger partial charge is 0.389 e. The molecule has 1 aliphatic heterocycles. The minimum Gasteiger partial charge on any atom is -0.389 e. The van der Waals surface area contributed by atoms with E-state index in [0.717, 1.165) is 20.9 Å². The Morgan fingerprint density at radius 2 is 2.13 bits per heavy atom. The van der Waals surface area contributed by atoms with Crippen molar-refractivity contribution in [3.63, 3.8) is 0 Å². The van der Waals surface area contributed by atoms with Gasteiger partial charge < -0.3 is 20.8 Å². The van der Waals surface area contributed by atoms with Crippen molar-refractivity contribution in [2.24, 2.45) is 0 Å². The van der Waals surface area contributed by atoms with E-state index in [1.54, 1.807) is 4.57 Å². The normalized spacial score (nSPS) is 23.6. The lowest BCUT2D eigenvalue weighted by atomic mass is 10.1. The number of nitrogens with one attached hydrogen (secondary N) is 2. The lowest BCUT2D eigenvalue weighted by Gasteiger charge is -2.17. The number of rotatable bonds is 5. The molecular formula is C18H18ClIN6O3S. The summed E-state index contributed by atoms with van der Waals surface area (Å²) in [6, 6.07) is 8.04. The number of anilines is 1. The lowest BCUT2D eigenvalue weighted by Crippen LogP contribution is -2.39. The van der Waals surface area contributed by atoms with Gasteiger partial charge in [0.1, 0.15) is 22.8 Å². The molecule has 3 aromatic rings. The fraction of sp³-hybridized carbons (Fsp3) is 0.333. The number of nitrogens with zero attached hydrogens (tertiary/aromatic N) is 4. The van der Waals surface area contributed by atoms with E-state index in [4.69, 9.17) is 11.6 Å². The van der Waals surface area contributed by atoms with Crippen LogP contribution in [-0.2, 0) is 11.3 Å². The second-order valence-electron chi connectivity index (χ2n) is 6.69. The van der Waals surface area contributed by atoms with Crippen molar-refractivity contribution in [2.45, 2.75) is 29.4 Å². The number of benzene rings is 1. The number of carbonyl (C=O) groups excluding carboxylic acids is 1. The second-order valence-corrected chi connectivity index (χ2v) is 9.54. The standard InChI is InChI=1S/C18H18ClIN6O3S/c1-21-16(29)13-11(27)12(28)17(30-13)26-7-23-10-14(24-18(19)25-15(10)26)22-6-8-3-2-4-9(20)5-8/h2-5,7,11-13,17,27-28H,6H2,1H3,(H,21,29)(H,22,24,25)/t11-,12+,13+,17?/m1/s1. The maximum atomic E-state index is 12.0. The van der Waals surface area contributed by atoms with Gasteiger partial charge in [-0.2, -0.15) is 9.97 Å². The Bertz CT molecular complexity index is 1100. The quantitative estimate of drug-likeness (QED) is 0.275. The molecule has 12 heteroatoms. The number of fused-ring (bicyclic) bond motifs is 1. The van der Waals surface area contributed by atoms with Gasteiger partial charge in [-0.1, -0.05) is 12.1 Å². The van der Waals surface area contributed by atoms with Gasteiger partial charge in [-0.3, -0.25) is 9.36 Å². The van der Waals surface area contributed by atoms with Crippen LogP contribution in [0.25, 0.3) is 11.2 Å². The summed E-state index contributed by atoms with van der Waals surface area (Å²) >= 11 is 9.54. The molecule has 1 aromatic carbocycles. The highest BCUT2D eigenvalue weighted by Crippen LogP contribution is 2.43. The maximum absolute atomic E-state index is 12.0. The maximum Gasteiger partial charge on any atom is 0.235 e. The van der Waals surface area contributed by atoms with Crippen LogP contribution in [0, 0.1) is 3.57 Å². The lowest BCUT2D eigenvalue weighted by molar-refractivity contribution is -0.122. The van der Waals surface area contributed by atoms with Crippen LogP contribution in [0.1, 0.15) is 10.9 Å². The van der Waals surface area contributed by atoms with Crippen LogP contribution in [0.2, 0.25) is 5.28 Å². The van der Waals surface area contributed by atoms with Crippen molar-refractivity contribution in [1.82, 2.24) is 24.8 Å². The molecule has 1 fully saturated rings. The number of imidazole rings is 1. The highest BCUT2D eigenvalue weighted by molar-refractivity contribution is 14.1. The third-order valence-corrected chi connectivity index (χ3v) is 7.17. The topological polar surface area (TPSA) is 125 Å². The summed E-state index contributed by atoms with van der Waals surface area (Å²) in [6.07, 6.45) is -0.884. The summed E-state index contributed by atoms with van der Waals surface area (Å²) < 4.78 is 2.74. The number of thioether (sulfide) groups is 1. The van der Waals surface area contributed by atoms with Crippen molar-refractivity contribution in [3.8, 4) is 0 Å². The summed E-state index contributed by atoms with van der Waals surface area (Å²) in [6.45, 7) is 0.518. The first kappa shape index (κ1) is 21.6. The number of aromatic nitrogens is 4. The van der Waals surface area contributed by atoms with Crippen LogP contribution in [0.4, 0.5) is 5.82 Å². The first-order valence-corrected chi connectivity index (χ1v) is 11.4. The molecule has 3 heterocycles. The van der Waals surface area contributed by atoms with E-state index in [-0.39, 0.29) is 11.2 Å². The Hall–Kier alpha value is -1.67. The predicted molar refractivity (Wildman–Crippen MR) is 123 cm³/mol. The fourth-order valence-electron chi connectivity index (χ4n) is 3.28. The molecule has 30 heavy (non-hydrogen) atoms. The van der Waals surface area contributed by atoms with Gasteiger partial charge in [0.25, 0.3) is 0 Å². The molecule has 0 saturated carbocycles. The summed E-state index contributed by atoms with van der Waals surface area (Å²) in [7, 11) is 1.49. The Morgan fingerprint density at radius 3 is 2.87 bits per heavy atom. The molecular weight excluding hydrogens is 543 g/mol. The van der Waals surface area contributed by atoms with E-state index in [1.165, 1.54) is 13.4 Å². The van der Waals surface area contributed by atoms with E-state index < -0.39 is 22.8 Å². The van der Waals surface area contributed by atoms with Gasteiger partial charge in [0.2, 0.25) is 11.2 Å². The summed E-state index contributed by atoms with van der Waals surface area (Å²) in [4.78, 5) is 24.9. The van der Waals surface area contributed by atoms with E-state index in [0.29, 0.717) is 23.5 Å². The van der Waals surface area contributed by atoms with Gasteiger partial charge in [0.15, 0.2) is 17.0 Å². The van der Waals surface area contributed by atoms with Crippen molar-refractivity contribution >= 4 is 68.8 Å². The Balaban J connectivity index is 1.64. The van der Waals surface area contributed by atoms with E-state index in [2.05, 4.69) is 54.2 Å². The molecule has 4 rings (SSSR count). The molecule has 4 atom stereocenters. The molecule has 0 bridgehead atoms. The van der Waals surface area contributed by atoms with Crippen LogP contribution in [0.15, 0.2) is 30.6 Å². The van der Waals surface area contributed by atoms with Gasteiger partial charge in [-0.05, 0) is 51.9 Å². The van der Waals surface area contributed by atoms with Crippen LogP contribution in [0.3, 0.4) is 0 Å². The predicted octanol–water partition coefficient (Wildman–Crippen LogP) is 1.78. The van der Waals surface area contributed by atoms with Gasteiger partial charge in [-0.25, -0.2) is 4.98 Å². The first-order valence-electron chi connectivity index (χ1n) is 9.00. The summed E-state index contributed by atoms with van der Waals surface area (Å²) in [5.41, 5.74) is 1.96. The molecule has 1 saturated heterocycles. The van der Waals surface area contributed by atoms with Crippen LogP contribution >= 0.6 is 46.0 Å². The number of aliphatic hydroxyl groups is 2. The van der Waals surface area contributed by atoms with Crippen LogP contribution < -0.4 is 10.6 Å². The molecule has 0 spiro atoms. The number of hydrogen-bond donors (Lipinski definition) is 4. The molecule has 1 aliphatic rings. The zero-order chi connectivity index (χ0) is 21.4. The minimum atomic E-state index is -1.21. The van der Waals surface area contributed by atoms with E-state index >= 15 is 0 Å². The van der Waals surface area contributed by atoms with E-state index in [9.17, 15) is 15.0 Å². The number of aliphatic hydroxyl groups excluding tert-OH is 2. The molecule has 9 nitrogen and oxygen atoms in total. The van der Waals surface area contributed by atoms with Gasteiger partial charge in [-0.15, -0.1) is 11.8 Å². The van der Waals surface area contributed by atoms with Gasteiger partial charge in [0, 0.05) is 17.2 Å². The summed E-state index contributed by atoms with van der Waals surface area (Å²) in [5, 5.41) is 25.1. The second kappa shape index (κ2) is 8.83. The number of amides is 1. The average Bonchev–Trinajstić information content (AvgIpc) is 3.27. The monoisotopic (exact) mass is 560 g/mol. The van der Waals surface area contributed by atoms with Crippen molar-refractivity contribution < 1.29 is 15.0 Å². The number of carbonyl (C=O) groups is 1. The molecule has 0 aliphatic carbocycles. The molecule has 2 aromatic heterocycles. The highest BCUT2D eigenvalue weighted by Gasteiger charge is 2.47. The Labute approximate surface area is 194 Å². The SMILES string of the molecule is CNC(=O)[C@H]1SC(n2cnc3c(NCc4cccc(I)c4)nc(Cl)nc32)[C@@H](O)[C@H]1O. The molecule has 1 unspecified atom stereocenters. The van der Waals surface area contributed by atoms with Crippen LogP contribution in [0.5, 0.6) is 0 Å². The average molecular weight is 561 g/mol. The first-order chi connectivity index (χ1) is 14.4. The summed E-state index contributed by atoms with van der Waals surface area (Å²) in [5.74, 6) is 0.106. The minimum absolute atomic E-state index is 0.0234. The third kappa shape index (κ3) is 4.08. The molecule has 4 N–H and O–H groups in total. The van der Waals surface area contributed by atoms with Crippen molar-refractivity contribution in [1.29, 1.82) is 0 Å². The van der Waals surface area contributed by atoms with Crippen molar-refractivity contribution in [2.75, 3.05) is 12.4 Å². The van der Waals surface area contributed by atoms with E-state index in [1.807, 2.05) is 18.2 Å². The van der Waals surface area contributed by atoms with Crippen molar-refractivity contribution in [3.05, 3.63) is 45.0 Å². The zero-order valence-electron chi connectivity index (χ0n) is 15.7. The number of halogens is 2. The van der Waals surface area contributed by atoms with Gasteiger partial charge >= 0.3 is 0 Å². The van der Waals surface area contributed by atoms with Crippen LogP contribution in [-0.4, -0.2) is 60.1 Å². The fourth-order valence-corrected chi connectivity index (χ4v) is 5.52. The Kier molecular flexibility index (Phi) is 6.34. The number of hydrogen-bond acceptors (Lipinski definition) is 8. The third-order valence-electron chi connectivity index (χ3n) is 4.76. The zero-order valence-corrected chi connectivity index (χ0v) is 19.4. The van der Waals surface area contributed by atoms with Gasteiger partial charge in [0.05, 0.1) is 6.33 Å². The highest BCUT2D eigenvalue weighted by atomic mass is 127. The molecule has 158 valence electrons. The Morgan fingerprint density at radius 1 is 1.33 bits per heavy atom. The molecule has 0 radical (unpaired) electrons.